The van der Waals surface area contributed by atoms with Gasteiger partial charge in [0.15, 0.2) is 0 Å². The third kappa shape index (κ3) is 32.5. The lowest BCUT2D eigenvalue weighted by Gasteiger charge is -2.36. The van der Waals surface area contributed by atoms with Crippen LogP contribution in [0.4, 0.5) is 80.2 Å². The lowest BCUT2D eigenvalue weighted by atomic mass is 9.80. The summed E-state index contributed by atoms with van der Waals surface area (Å²) in [6.07, 6.45) is -17.0. The van der Waals surface area contributed by atoms with E-state index in [9.17, 15) is 96.1 Å². The van der Waals surface area contributed by atoms with Gasteiger partial charge < -0.3 is 77.1 Å². The number of aromatic nitrogens is 3. The quantitative estimate of drug-likeness (QED) is 0.00961. The van der Waals surface area contributed by atoms with Crippen molar-refractivity contribution in [1.82, 2.24) is 62.8 Å². The minimum atomic E-state index is -4.93. The normalized spacial score (nSPS) is 17.5. The molecule has 0 saturated heterocycles. The number of rotatable bonds is 43. The molecule has 3 fully saturated rings. The predicted molar refractivity (Wildman–Crippen MR) is 494 cm³/mol. The number of carboxylic acids is 1. The average molecular weight is 2060 g/mol. The Bertz CT molecular complexity index is 5760. The molecule has 6 aromatic carbocycles. The zero-order chi connectivity index (χ0) is 103. The number of amides is 9. The first kappa shape index (κ1) is 111. The number of carboxylic acid groups (broad SMARTS) is 1. The summed E-state index contributed by atoms with van der Waals surface area (Å²) >= 11 is 18.3. The fourth-order valence-electron chi connectivity index (χ4n) is 16.8. The zero-order valence-corrected chi connectivity index (χ0v) is 78.3. The highest BCUT2D eigenvalue weighted by molar-refractivity contribution is 6.31. The number of aliphatic hydroxyl groups is 1. The van der Waals surface area contributed by atoms with Gasteiger partial charge in [-0.05, 0) is 190 Å². The van der Waals surface area contributed by atoms with E-state index >= 15 is 13.2 Å². The van der Waals surface area contributed by atoms with Crippen molar-refractivity contribution in [2.24, 2.45) is 17.8 Å². The number of urea groups is 3. The van der Waals surface area contributed by atoms with Crippen LogP contribution in [0.25, 0.3) is 0 Å². The Morgan fingerprint density at radius 2 is 0.697 bits per heavy atom. The number of carbonyl (C=O) groups excluding carboxylic acids is 7. The molecule has 11 N–H and O–H groups in total. The molecule has 0 aliphatic heterocycles. The first-order chi connectivity index (χ1) is 67.3. The molecule has 3 aliphatic carbocycles. The monoisotopic (exact) mass is 2060 g/mol. The molecule has 9 aromatic rings. The maximum atomic E-state index is 15.1. The van der Waals surface area contributed by atoms with Gasteiger partial charge in [-0.25, -0.2) is 27.6 Å². The minimum absolute atomic E-state index is 0.0284. The van der Waals surface area contributed by atoms with Crippen LogP contribution in [0.15, 0.2) is 213 Å². The molecule has 3 aliphatic rings. The Balaban J connectivity index is 0.000000219. The van der Waals surface area contributed by atoms with Crippen molar-refractivity contribution in [2.75, 3.05) is 19.6 Å². The number of pyridine rings is 3. The second kappa shape index (κ2) is 51.0. The molecule has 25 nitrogen and oxygen atoms in total. The van der Waals surface area contributed by atoms with Crippen molar-refractivity contribution >= 4 is 82.4 Å². The topological polar surface area (TPSA) is 352 Å². The largest absolute Gasteiger partial charge is 0.513 e. The minimum Gasteiger partial charge on any atom is -0.513 e. The smallest absolute Gasteiger partial charge is 0.461 e. The molecule has 43 heteroatoms. The summed E-state index contributed by atoms with van der Waals surface area (Å²) in [5.74, 6) is -8.64. The van der Waals surface area contributed by atoms with Crippen LogP contribution >= 0.6 is 34.8 Å². The van der Waals surface area contributed by atoms with Crippen molar-refractivity contribution < 1.29 is 129 Å². The van der Waals surface area contributed by atoms with Gasteiger partial charge in [0.1, 0.15) is 57.1 Å². The molecule has 9 amide bonds. The molecule has 3 heterocycles. The highest BCUT2D eigenvalue weighted by Crippen LogP contribution is 2.44. The van der Waals surface area contributed by atoms with Crippen LogP contribution in [0.3, 0.4) is 0 Å². The SMILES string of the molecule is C=C(O)CCNC(=O)[C@H]1CC[C@@H](NC(=O)N[C@@](Cc2ccccc2)(c2cc(F)cc(OC(F)(F)C(F)F)c2)c2ccc(Cl)cn2)C1.CC(=O)CCCNC(=O)[C@H]1CC[C@@H](NC(=O)N[C@@](Cc2ccccc2)(c2cc(F)cc(OC(F)(F)C(F)F)c2)c2ccc(Cl)cn2)C1.O=C(O)CCCCCNC(=O)[C@H]1CC[C@@H](NC(=O)N[C@@](Cc2ccccc2)(c2cc(F)cc(OC(F)(F)C(F)F)c2)c2ccc(Cl)cn2)C1. The van der Waals surface area contributed by atoms with Gasteiger partial charge in [-0.15, -0.1) is 0 Å². The molecule has 12 rings (SSSR count). The summed E-state index contributed by atoms with van der Waals surface area (Å²) < 4.78 is 219. The molecule has 0 bridgehead atoms. The van der Waals surface area contributed by atoms with Crippen molar-refractivity contribution in [1.29, 1.82) is 0 Å². The fourth-order valence-corrected chi connectivity index (χ4v) is 17.1. The van der Waals surface area contributed by atoms with Crippen LogP contribution in [-0.4, -0.2) is 148 Å². The van der Waals surface area contributed by atoms with Crippen molar-refractivity contribution in [3.8, 4) is 17.2 Å². The molecule has 0 unspecified atom stereocenters. The Kier molecular flexibility index (Phi) is 39.8. The number of nitrogens with one attached hydrogen (secondary N) is 9. The van der Waals surface area contributed by atoms with Gasteiger partial charge in [0.2, 0.25) is 17.7 Å². The number of nitrogens with zero attached hydrogens (tertiary/aromatic N) is 3. The van der Waals surface area contributed by atoms with Gasteiger partial charge in [-0.2, -0.15) is 52.7 Å². The van der Waals surface area contributed by atoms with Crippen LogP contribution in [0.2, 0.25) is 15.1 Å². The highest BCUT2D eigenvalue weighted by Gasteiger charge is 2.50. The summed E-state index contributed by atoms with van der Waals surface area (Å²) in [6, 6.07) is 38.5. The van der Waals surface area contributed by atoms with Gasteiger partial charge >= 0.3 is 61.7 Å². The molecule has 3 aromatic heterocycles. The second-order valence-electron chi connectivity index (χ2n) is 34.3. The van der Waals surface area contributed by atoms with Gasteiger partial charge in [0.25, 0.3) is 0 Å². The van der Waals surface area contributed by atoms with Crippen LogP contribution in [0, 0.1) is 35.2 Å². The average Bonchev–Trinajstić information content (AvgIpc) is 0.931. The molecular weight excluding hydrogens is 1960 g/mol. The summed E-state index contributed by atoms with van der Waals surface area (Å²) in [5, 5.41) is 44.1. The molecule has 762 valence electrons. The molecular formula is C99H102Cl3F15N12O13. The Morgan fingerprint density at radius 1 is 0.394 bits per heavy atom. The van der Waals surface area contributed by atoms with Gasteiger partial charge in [0, 0.05) is 131 Å². The standard InChI is InChI=1S/C34H36ClF5N4O5.C33H34ClF5N4O4.C32H32ClF5N4O4/c35-24-11-13-28(42-20-24)33(19-21-7-3-1-4-8-21,23-16-25(36)18-27(17-23)49-34(39,40)31(37)38)44-32(48)43-26-12-10-22(15-26)30(47)41-14-6-2-5-9-29(45)46;1-20(44)6-5-13-40-29(45)22-9-11-26(14-22)42-31(46)43-32(18-21-7-3-2-4-8-21,28-12-10-24(34)19-41-28)23-15-25(35)17-27(16-23)47-33(38,39)30(36)37;1-19(43)11-12-39-28(44)21-7-9-25(13-21)41-30(45)42-31(17-20-5-3-2-4-6-20,27-10-8-23(33)18-40-27)22-14-24(34)16-26(15-22)46-32(37,38)29(35)36/h1,3-4,7-8,11,13,16-18,20,22,26,31H,2,5-6,9-10,12,14-15,19H2,(H,41,47)(H,45,46)(H2,43,44,48);2-4,7-8,10,12,15-17,19,22,26,30H,5-6,9,11,13-14,18H2,1H3,(H,40,45)(H2,42,43,46);2-6,8,10,14-16,18,21,25,29,43H,1,7,9,11-13,17H2,(H,39,44)(H2,41,42,45)/t22-,26+,33-;22-,26+,32-;21-,25+,31-/m000/s1. The number of carbonyl (C=O) groups is 8. The Labute approximate surface area is 821 Å². The fraction of sp³-hybridized carbons (Fsp3) is 0.384. The Hall–Kier alpha value is -13.1. The number of aliphatic carboxylic acids is 1. The number of aliphatic hydroxyl groups excluding tert-OH is 1. The highest BCUT2D eigenvalue weighted by atomic mass is 35.5. The molecule has 142 heavy (non-hydrogen) atoms. The van der Waals surface area contributed by atoms with E-state index < -0.39 is 137 Å². The molecule has 9 atom stereocenters. The van der Waals surface area contributed by atoms with E-state index in [0.29, 0.717) is 138 Å². The van der Waals surface area contributed by atoms with Crippen LogP contribution in [-0.2, 0) is 59.9 Å². The van der Waals surface area contributed by atoms with Crippen molar-refractivity contribution in [2.45, 2.75) is 201 Å². The number of hydrogen-bond acceptors (Lipinski definition) is 15. The summed E-state index contributed by atoms with van der Waals surface area (Å²) in [6.45, 7) is 5.81. The maximum Gasteiger partial charge on any atom is 0.461 e. The number of ether oxygens (including phenoxy) is 3. The number of Topliss-reactive ketones (excluding diaryl/α,β-unsaturated/α-hetero) is 1. The van der Waals surface area contributed by atoms with E-state index in [0.717, 1.165) is 36.4 Å². The number of unbranched alkanes of at least 4 members (excludes halogenated alkanes) is 2. The van der Waals surface area contributed by atoms with Gasteiger partial charge in [-0.1, -0.05) is 139 Å². The predicted octanol–water partition coefficient (Wildman–Crippen LogP) is 20.0. The van der Waals surface area contributed by atoms with E-state index in [-0.39, 0.29) is 129 Å². The zero-order valence-electron chi connectivity index (χ0n) is 76.0. The summed E-state index contributed by atoms with van der Waals surface area (Å²) in [7, 11) is 0. The van der Waals surface area contributed by atoms with Crippen molar-refractivity contribution in [3.05, 3.63) is 296 Å². The van der Waals surface area contributed by atoms with E-state index in [1.165, 1.54) is 61.9 Å². The Morgan fingerprint density at radius 3 is 0.972 bits per heavy atom. The van der Waals surface area contributed by atoms with Gasteiger partial charge in [0.05, 0.1) is 37.9 Å². The number of benzene rings is 6. The number of hydrogen-bond donors (Lipinski definition) is 11. The van der Waals surface area contributed by atoms with Crippen molar-refractivity contribution in [3.63, 3.8) is 0 Å². The molecule has 0 spiro atoms. The summed E-state index contributed by atoms with van der Waals surface area (Å²) in [4.78, 5) is 114. The first-order valence-corrected chi connectivity index (χ1v) is 46.1. The van der Waals surface area contributed by atoms with Crippen LogP contribution in [0.5, 0.6) is 17.2 Å². The molecule has 3 saturated carbocycles. The van der Waals surface area contributed by atoms with E-state index in [1.807, 2.05) is 0 Å². The number of halogens is 18. The van der Waals surface area contributed by atoms with E-state index in [1.54, 1.807) is 91.0 Å². The first-order valence-electron chi connectivity index (χ1n) is 44.9. The van der Waals surface area contributed by atoms with E-state index in [2.05, 4.69) is 83.6 Å². The van der Waals surface area contributed by atoms with Crippen LogP contribution < -0.4 is 62.1 Å². The number of alkyl halides is 12. The second-order valence-corrected chi connectivity index (χ2v) is 35.6. The van der Waals surface area contributed by atoms with Crippen LogP contribution in [0.1, 0.15) is 160 Å². The van der Waals surface area contributed by atoms with E-state index in [4.69, 9.17) is 39.9 Å². The maximum absolute atomic E-state index is 15.1. The lowest BCUT2D eigenvalue weighted by Crippen LogP contribution is -2.54. The third-order valence-corrected chi connectivity index (χ3v) is 24.2. The lowest BCUT2D eigenvalue weighted by molar-refractivity contribution is -0.253. The summed E-state index contributed by atoms with van der Waals surface area (Å²) in [5.41, 5.74) is -3.44. The third-order valence-electron chi connectivity index (χ3n) is 23.5. The van der Waals surface area contributed by atoms with Gasteiger partial charge in [-0.3, -0.25) is 34.1 Å². The molecule has 0 radical (unpaired) electrons. The number of ketones is 1.